The van der Waals surface area contributed by atoms with Crippen LogP contribution in [0.25, 0.3) is 5.82 Å². The smallest absolute Gasteiger partial charge is 0.303 e. The zero-order chi connectivity index (χ0) is 28.2. The first-order chi connectivity index (χ1) is 19.0. The monoisotopic (exact) mass is 576 g/mol. The fourth-order valence-corrected chi connectivity index (χ4v) is 5.93. The van der Waals surface area contributed by atoms with Crippen molar-refractivity contribution < 1.29 is 31.1 Å². The average Bonchev–Trinajstić information content (AvgIpc) is 3.70. The van der Waals surface area contributed by atoms with E-state index < -0.39 is 29.6 Å². The minimum atomic E-state index is -4.59. The van der Waals surface area contributed by atoms with Crippen LogP contribution in [-0.4, -0.2) is 30.3 Å². The van der Waals surface area contributed by atoms with Crippen molar-refractivity contribution in [2.24, 2.45) is 0 Å². The van der Waals surface area contributed by atoms with E-state index in [1.54, 1.807) is 0 Å². The highest BCUT2D eigenvalue weighted by Gasteiger charge is 2.39. The lowest BCUT2D eigenvalue weighted by Gasteiger charge is -2.30. The van der Waals surface area contributed by atoms with Gasteiger partial charge in [-0.1, -0.05) is 0 Å². The molecule has 14 heteroatoms. The molecule has 4 aromatic heterocycles. The highest BCUT2D eigenvalue weighted by molar-refractivity contribution is 7.14. The largest absolute Gasteiger partial charge is 0.417 e. The van der Waals surface area contributed by atoms with Crippen LogP contribution in [0.1, 0.15) is 49.7 Å². The third-order valence-electron chi connectivity index (χ3n) is 6.67. The lowest BCUT2D eigenvalue weighted by atomic mass is 10.2. The molecule has 0 spiro atoms. The lowest BCUT2D eigenvalue weighted by molar-refractivity contribution is -0.138. The molecule has 0 fully saturated rings. The predicted molar refractivity (Wildman–Crippen MR) is 132 cm³/mol. The van der Waals surface area contributed by atoms with E-state index in [0.717, 1.165) is 41.8 Å². The van der Waals surface area contributed by atoms with E-state index in [9.17, 15) is 31.1 Å². The second-order valence-electron chi connectivity index (χ2n) is 9.17. The number of rotatable bonds is 4. The molecule has 5 heterocycles. The Morgan fingerprint density at radius 1 is 0.875 bits per heavy atom. The number of aryl methyl sites for hydroxylation is 2. The minimum Gasteiger partial charge on any atom is -0.303 e. The predicted octanol–water partition coefficient (Wildman–Crippen LogP) is 6.38. The van der Waals surface area contributed by atoms with Gasteiger partial charge in [0.15, 0.2) is 12.0 Å². The summed E-state index contributed by atoms with van der Waals surface area (Å²) in [4.78, 5) is 30.5. The highest BCUT2D eigenvalue weighted by atomic mass is 32.1. The number of carbonyl (C=O) groups is 1. The van der Waals surface area contributed by atoms with Gasteiger partial charge in [-0.05, 0) is 55.2 Å². The normalized spacial score (nSPS) is 17.1. The maximum Gasteiger partial charge on any atom is 0.417 e. The van der Waals surface area contributed by atoms with E-state index in [-0.39, 0.29) is 23.4 Å². The zero-order valence-electron chi connectivity index (χ0n) is 20.3. The van der Waals surface area contributed by atoms with Crippen molar-refractivity contribution in [1.29, 1.82) is 0 Å². The number of nitrogens with zero attached hydrogens (tertiary/aromatic N) is 6. The van der Waals surface area contributed by atoms with E-state index in [1.165, 1.54) is 62.6 Å². The van der Waals surface area contributed by atoms with Crippen LogP contribution in [0.4, 0.5) is 32.2 Å². The van der Waals surface area contributed by atoms with Gasteiger partial charge < -0.3 is 4.90 Å². The number of anilines is 1. The van der Waals surface area contributed by atoms with Crippen molar-refractivity contribution in [2.75, 3.05) is 4.90 Å². The molecule has 0 aromatic carbocycles. The van der Waals surface area contributed by atoms with Crippen LogP contribution < -0.4 is 4.90 Å². The Hall–Kier alpha value is -4.20. The number of carbonyl (C=O) groups excluding carboxylic acids is 1. The van der Waals surface area contributed by atoms with Gasteiger partial charge in [0, 0.05) is 42.1 Å². The number of hydrogen-bond donors (Lipinski definition) is 0. The molecule has 0 saturated heterocycles. The average molecular weight is 577 g/mol. The van der Waals surface area contributed by atoms with Crippen LogP contribution in [0.5, 0.6) is 0 Å². The van der Waals surface area contributed by atoms with Gasteiger partial charge in [-0.25, -0.2) is 15.0 Å². The van der Waals surface area contributed by atoms with Crippen molar-refractivity contribution in [1.82, 2.24) is 24.4 Å². The molecule has 1 aliphatic carbocycles. The fraction of sp³-hybridized carbons (Fsp3) is 0.231. The van der Waals surface area contributed by atoms with Crippen molar-refractivity contribution in [3.05, 3.63) is 99.8 Å². The summed E-state index contributed by atoms with van der Waals surface area (Å²) in [5.74, 6) is 0.0461. The van der Waals surface area contributed by atoms with E-state index in [0.29, 0.717) is 17.3 Å². The summed E-state index contributed by atoms with van der Waals surface area (Å²) >= 11 is 1.39. The molecular weight excluding hydrogens is 558 g/mol. The maximum absolute atomic E-state index is 13.7. The molecule has 4 aromatic rings. The van der Waals surface area contributed by atoms with Crippen LogP contribution in [0.15, 0.2) is 67.5 Å². The summed E-state index contributed by atoms with van der Waals surface area (Å²) in [5.41, 5.74) is -0.754. The van der Waals surface area contributed by atoms with E-state index >= 15 is 0 Å². The van der Waals surface area contributed by atoms with Gasteiger partial charge in [-0.3, -0.25) is 14.3 Å². The van der Waals surface area contributed by atoms with Crippen molar-refractivity contribution in [3.8, 4) is 5.82 Å². The van der Waals surface area contributed by atoms with Crippen molar-refractivity contribution in [3.63, 3.8) is 0 Å². The Morgan fingerprint density at radius 3 is 2.15 bits per heavy atom. The molecule has 0 N–H and O–H groups in total. The molecule has 0 saturated carbocycles. The summed E-state index contributed by atoms with van der Waals surface area (Å²) < 4.78 is 80.2. The zero-order valence-corrected chi connectivity index (χ0v) is 21.1. The van der Waals surface area contributed by atoms with Crippen LogP contribution in [0, 0.1) is 0 Å². The Morgan fingerprint density at radius 2 is 1.55 bits per heavy atom. The molecule has 206 valence electrons. The summed E-state index contributed by atoms with van der Waals surface area (Å²) in [5, 5.41) is 0. The number of fused-ring (bicyclic) bond motifs is 1. The van der Waals surface area contributed by atoms with Gasteiger partial charge in [0.1, 0.15) is 11.6 Å². The minimum absolute atomic E-state index is 0.105. The molecular formula is C26H18F6N6OS. The van der Waals surface area contributed by atoms with E-state index in [1.807, 2.05) is 6.07 Å². The molecule has 2 aliphatic rings. The molecule has 6 rings (SSSR count). The first-order valence-corrected chi connectivity index (χ1v) is 12.8. The summed E-state index contributed by atoms with van der Waals surface area (Å²) in [6.45, 7) is 0. The number of hydrogen-bond acceptors (Lipinski definition) is 6. The van der Waals surface area contributed by atoms with Gasteiger partial charge >= 0.3 is 12.4 Å². The number of amides is 1. The maximum atomic E-state index is 13.7. The van der Waals surface area contributed by atoms with Crippen LogP contribution in [0.3, 0.4) is 0 Å². The summed E-state index contributed by atoms with van der Waals surface area (Å²) in [6, 6.07) is 5.96. The second kappa shape index (κ2) is 9.47. The van der Waals surface area contributed by atoms with Gasteiger partial charge in [-0.2, -0.15) is 26.3 Å². The van der Waals surface area contributed by atoms with E-state index in [4.69, 9.17) is 0 Å². The molecule has 0 unspecified atom stereocenters. The van der Waals surface area contributed by atoms with Crippen LogP contribution in [-0.2, 0) is 25.2 Å². The number of thiophene rings is 1. The molecule has 1 atom stereocenters. The number of halogens is 6. The SMILES string of the molecule is O=C(c1cc2c(s1)CCC2)N1C=CN(c2ccc(C(F)(F)F)cn2)[C@@H]1c1nccn1-c1ccc(C(F)(F)F)cn1. The Kier molecular flexibility index (Phi) is 6.16. The Labute approximate surface area is 227 Å². The second-order valence-corrected chi connectivity index (χ2v) is 10.3. The van der Waals surface area contributed by atoms with Crippen molar-refractivity contribution in [2.45, 2.75) is 37.8 Å². The third kappa shape index (κ3) is 4.61. The standard InChI is InChI=1S/C26H18F6N6OS/c27-25(28,29)16-4-6-20(34-13-16)36-9-8-33-22(36)23-37(21-7-5-17(14-35-21)26(30,31)32)10-11-38(23)24(39)19-12-15-2-1-3-18(15)40-19/h4-14,23H,1-3H2/t23-/m0/s1. The van der Waals surface area contributed by atoms with Gasteiger partial charge in [0.25, 0.3) is 5.91 Å². The van der Waals surface area contributed by atoms with Gasteiger partial charge in [0.2, 0.25) is 0 Å². The molecule has 40 heavy (non-hydrogen) atoms. The topological polar surface area (TPSA) is 67.2 Å². The number of alkyl halides is 6. The Bertz CT molecular complexity index is 1570. The number of aromatic nitrogens is 4. The first-order valence-electron chi connectivity index (χ1n) is 12.0. The van der Waals surface area contributed by atoms with Crippen LogP contribution >= 0.6 is 11.3 Å². The first kappa shape index (κ1) is 26.0. The third-order valence-corrected chi connectivity index (χ3v) is 7.89. The highest BCUT2D eigenvalue weighted by Crippen LogP contribution is 2.39. The molecule has 0 bridgehead atoms. The number of imidazole rings is 1. The fourth-order valence-electron chi connectivity index (χ4n) is 4.73. The van der Waals surface area contributed by atoms with Crippen LogP contribution in [0.2, 0.25) is 0 Å². The summed E-state index contributed by atoms with van der Waals surface area (Å²) in [6.07, 6.45) is -0.156. The van der Waals surface area contributed by atoms with Gasteiger partial charge in [0.05, 0.1) is 16.0 Å². The van der Waals surface area contributed by atoms with Gasteiger partial charge in [-0.15, -0.1) is 11.3 Å². The Balaban J connectivity index is 1.40. The summed E-state index contributed by atoms with van der Waals surface area (Å²) in [7, 11) is 0. The molecule has 1 amide bonds. The molecule has 0 radical (unpaired) electrons. The quantitative estimate of drug-likeness (QED) is 0.264. The lowest BCUT2D eigenvalue weighted by Crippen LogP contribution is -2.36. The van der Waals surface area contributed by atoms with Crippen molar-refractivity contribution >= 4 is 23.1 Å². The molecule has 7 nitrogen and oxygen atoms in total. The number of pyridine rings is 2. The van der Waals surface area contributed by atoms with E-state index in [2.05, 4.69) is 15.0 Å². The molecule has 1 aliphatic heterocycles.